The van der Waals surface area contributed by atoms with Crippen molar-refractivity contribution in [3.05, 3.63) is 60.6 Å². The number of furan rings is 1. The first-order chi connectivity index (χ1) is 13.1. The molecule has 140 valence electrons. The maximum absolute atomic E-state index is 13.1. The summed E-state index contributed by atoms with van der Waals surface area (Å²) in [5.74, 6) is 0.493. The molecule has 0 spiro atoms. The molecule has 1 aromatic carbocycles. The van der Waals surface area contributed by atoms with E-state index < -0.39 is 11.9 Å². The molecule has 3 aromatic rings. The number of halogens is 1. The van der Waals surface area contributed by atoms with Gasteiger partial charge in [-0.15, -0.1) is 10.2 Å². The lowest BCUT2D eigenvalue weighted by Gasteiger charge is -2.14. The molecule has 0 aliphatic rings. The van der Waals surface area contributed by atoms with Crippen LogP contribution in [-0.4, -0.2) is 35.4 Å². The Hall–Kier alpha value is -3.42. The monoisotopic (exact) mass is 371 g/mol. The minimum Gasteiger partial charge on any atom is -0.481 e. The number of aromatic nitrogens is 2. The van der Waals surface area contributed by atoms with Crippen LogP contribution in [-0.2, 0) is 4.79 Å². The first-order valence-electron chi connectivity index (χ1n) is 8.32. The Morgan fingerprint density at radius 1 is 1.22 bits per heavy atom. The van der Waals surface area contributed by atoms with E-state index >= 15 is 0 Å². The van der Waals surface area contributed by atoms with Crippen molar-refractivity contribution in [3.8, 4) is 23.1 Å². The fourth-order valence-corrected chi connectivity index (χ4v) is 2.22. The summed E-state index contributed by atoms with van der Waals surface area (Å²) in [5, 5.41) is 10.6. The molecule has 8 heteroatoms. The lowest BCUT2D eigenvalue weighted by Crippen LogP contribution is -2.38. The molecule has 1 amide bonds. The largest absolute Gasteiger partial charge is 0.481 e. The zero-order valence-corrected chi connectivity index (χ0v) is 14.6. The molecule has 0 aliphatic heterocycles. The average molecular weight is 371 g/mol. The molecule has 0 saturated heterocycles. The van der Waals surface area contributed by atoms with Gasteiger partial charge in [-0.2, -0.15) is 0 Å². The molecular weight excluding hydrogens is 353 g/mol. The van der Waals surface area contributed by atoms with Crippen LogP contribution in [0, 0.1) is 5.82 Å². The predicted octanol–water partition coefficient (Wildman–Crippen LogP) is 2.84. The van der Waals surface area contributed by atoms with Crippen LogP contribution in [0.2, 0.25) is 0 Å². The third-order valence-corrected chi connectivity index (χ3v) is 3.54. The highest BCUT2D eigenvalue weighted by Gasteiger charge is 2.14. The number of rotatable bonds is 8. The standard InChI is InChI=1S/C19H18FN3O4/c1-13(27-15-5-2-4-14(20)12-15)19(24)21-9-11-26-18-8-7-16(22-23-18)17-6-3-10-25-17/h2-8,10,12-13H,9,11H2,1H3,(H,21,24). The second kappa shape index (κ2) is 8.79. The van der Waals surface area contributed by atoms with Gasteiger partial charge in [0, 0.05) is 12.1 Å². The van der Waals surface area contributed by atoms with Gasteiger partial charge in [0.1, 0.15) is 23.9 Å². The van der Waals surface area contributed by atoms with Crippen molar-refractivity contribution in [2.24, 2.45) is 0 Å². The molecule has 1 N–H and O–H groups in total. The van der Waals surface area contributed by atoms with E-state index in [4.69, 9.17) is 13.9 Å². The number of carbonyl (C=O) groups is 1. The molecule has 0 bridgehead atoms. The zero-order valence-electron chi connectivity index (χ0n) is 14.6. The van der Waals surface area contributed by atoms with Gasteiger partial charge < -0.3 is 19.2 Å². The summed E-state index contributed by atoms with van der Waals surface area (Å²) in [6.07, 6.45) is 0.794. The van der Waals surface area contributed by atoms with E-state index in [2.05, 4.69) is 15.5 Å². The van der Waals surface area contributed by atoms with Crippen LogP contribution in [0.1, 0.15) is 6.92 Å². The van der Waals surface area contributed by atoms with Gasteiger partial charge in [-0.05, 0) is 37.3 Å². The minimum absolute atomic E-state index is 0.215. The van der Waals surface area contributed by atoms with Crippen LogP contribution < -0.4 is 14.8 Å². The van der Waals surface area contributed by atoms with Crippen molar-refractivity contribution in [1.29, 1.82) is 0 Å². The Morgan fingerprint density at radius 2 is 2.11 bits per heavy atom. The SMILES string of the molecule is CC(Oc1cccc(F)c1)C(=O)NCCOc1ccc(-c2ccco2)nn1. The van der Waals surface area contributed by atoms with Gasteiger partial charge >= 0.3 is 0 Å². The fourth-order valence-electron chi connectivity index (χ4n) is 2.22. The maximum Gasteiger partial charge on any atom is 0.260 e. The Kier molecular flexibility index (Phi) is 5.98. The summed E-state index contributed by atoms with van der Waals surface area (Å²) in [4.78, 5) is 12.0. The van der Waals surface area contributed by atoms with Gasteiger partial charge in [-0.25, -0.2) is 4.39 Å². The molecule has 0 radical (unpaired) electrons. The van der Waals surface area contributed by atoms with Crippen LogP contribution in [0.15, 0.2) is 59.2 Å². The zero-order chi connectivity index (χ0) is 19.1. The number of ether oxygens (including phenoxy) is 2. The molecule has 3 rings (SSSR count). The fraction of sp³-hybridized carbons (Fsp3) is 0.211. The van der Waals surface area contributed by atoms with E-state index in [1.807, 2.05) is 0 Å². The van der Waals surface area contributed by atoms with Crippen LogP contribution in [0.4, 0.5) is 4.39 Å². The van der Waals surface area contributed by atoms with Gasteiger partial charge in [0.25, 0.3) is 5.91 Å². The van der Waals surface area contributed by atoms with E-state index in [1.165, 1.54) is 18.2 Å². The molecule has 2 heterocycles. The highest BCUT2D eigenvalue weighted by Crippen LogP contribution is 2.17. The van der Waals surface area contributed by atoms with Gasteiger partial charge in [-0.1, -0.05) is 6.07 Å². The highest BCUT2D eigenvalue weighted by atomic mass is 19.1. The number of hydrogen-bond donors (Lipinski definition) is 1. The topological polar surface area (TPSA) is 86.5 Å². The minimum atomic E-state index is -0.765. The van der Waals surface area contributed by atoms with Crippen LogP contribution >= 0.6 is 0 Å². The second-order valence-electron chi connectivity index (χ2n) is 5.59. The number of nitrogens with zero attached hydrogens (tertiary/aromatic N) is 2. The van der Waals surface area contributed by atoms with E-state index in [0.29, 0.717) is 23.1 Å². The van der Waals surface area contributed by atoms with Gasteiger partial charge in [0.05, 0.1) is 12.8 Å². The summed E-state index contributed by atoms with van der Waals surface area (Å²) < 4.78 is 29.2. The molecule has 1 unspecified atom stereocenters. The lowest BCUT2D eigenvalue weighted by atomic mass is 10.3. The molecule has 1 atom stereocenters. The summed E-state index contributed by atoms with van der Waals surface area (Å²) in [6, 6.07) is 12.6. The molecule has 27 heavy (non-hydrogen) atoms. The Balaban J connectivity index is 1.39. The summed E-state index contributed by atoms with van der Waals surface area (Å²) >= 11 is 0. The number of amides is 1. The number of hydrogen-bond acceptors (Lipinski definition) is 6. The van der Waals surface area contributed by atoms with Crippen LogP contribution in [0.3, 0.4) is 0 Å². The third kappa shape index (κ3) is 5.27. The average Bonchev–Trinajstić information content (AvgIpc) is 3.20. The molecule has 2 aromatic heterocycles. The van der Waals surface area contributed by atoms with E-state index in [-0.39, 0.29) is 19.1 Å². The molecule has 0 saturated carbocycles. The van der Waals surface area contributed by atoms with Gasteiger partial charge in [0.2, 0.25) is 5.88 Å². The first-order valence-corrected chi connectivity index (χ1v) is 8.32. The van der Waals surface area contributed by atoms with Crippen molar-refractivity contribution in [2.45, 2.75) is 13.0 Å². The van der Waals surface area contributed by atoms with Gasteiger partial charge in [-0.3, -0.25) is 4.79 Å². The van der Waals surface area contributed by atoms with Crippen LogP contribution in [0.5, 0.6) is 11.6 Å². The van der Waals surface area contributed by atoms with Gasteiger partial charge in [0.15, 0.2) is 11.9 Å². The summed E-state index contributed by atoms with van der Waals surface area (Å²) in [6.45, 7) is 2.06. The Morgan fingerprint density at radius 3 is 2.81 bits per heavy atom. The summed E-state index contributed by atoms with van der Waals surface area (Å²) in [7, 11) is 0. The van der Waals surface area contributed by atoms with E-state index in [0.717, 1.165) is 0 Å². The molecule has 7 nitrogen and oxygen atoms in total. The van der Waals surface area contributed by atoms with E-state index in [1.54, 1.807) is 43.5 Å². The second-order valence-corrected chi connectivity index (χ2v) is 5.59. The van der Waals surface area contributed by atoms with Crippen molar-refractivity contribution < 1.29 is 23.1 Å². The molecular formula is C19H18FN3O4. The Bertz CT molecular complexity index is 869. The van der Waals surface area contributed by atoms with Crippen molar-refractivity contribution in [2.75, 3.05) is 13.2 Å². The predicted molar refractivity (Wildman–Crippen MR) is 94.7 cm³/mol. The first kappa shape index (κ1) is 18.4. The van der Waals surface area contributed by atoms with Crippen molar-refractivity contribution in [3.63, 3.8) is 0 Å². The number of carbonyl (C=O) groups excluding carboxylic acids is 1. The Labute approximate surface area is 155 Å². The smallest absolute Gasteiger partial charge is 0.260 e. The molecule has 0 aliphatic carbocycles. The van der Waals surface area contributed by atoms with Crippen molar-refractivity contribution >= 4 is 5.91 Å². The normalized spacial score (nSPS) is 11.6. The van der Waals surface area contributed by atoms with E-state index in [9.17, 15) is 9.18 Å². The molecule has 0 fully saturated rings. The van der Waals surface area contributed by atoms with Crippen molar-refractivity contribution in [1.82, 2.24) is 15.5 Å². The quantitative estimate of drug-likeness (QED) is 0.613. The van der Waals surface area contributed by atoms with Crippen LogP contribution in [0.25, 0.3) is 11.5 Å². The lowest BCUT2D eigenvalue weighted by molar-refractivity contribution is -0.127. The summed E-state index contributed by atoms with van der Waals surface area (Å²) in [5.41, 5.74) is 0.601. The number of benzene rings is 1. The maximum atomic E-state index is 13.1. The highest BCUT2D eigenvalue weighted by molar-refractivity contribution is 5.80. The third-order valence-electron chi connectivity index (χ3n) is 3.54. The number of nitrogens with one attached hydrogen (secondary N) is 1.